The number of Topliss-reactive ketones (excluding diaryl/α,β-unsaturated/α-hetero) is 1. The van der Waals surface area contributed by atoms with Crippen LogP contribution in [0.15, 0.2) is 43.0 Å². The standard InChI is InChI=1S/C12H14O2/c1-3-9(2)11(13)12(14)10-7-5-4-6-8-10/h3-9,11,13H,1H2,2H3/t9-,11+/m0/s1. The third-order valence-electron chi connectivity index (χ3n) is 2.20. The molecule has 0 aromatic heterocycles. The summed E-state index contributed by atoms with van der Waals surface area (Å²) in [6.45, 7) is 5.31. The van der Waals surface area contributed by atoms with E-state index in [1.165, 1.54) is 0 Å². The van der Waals surface area contributed by atoms with Gasteiger partial charge in [-0.3, -0.25) is 4.79 Å². The predicted molar refractivity (Wildman–Crippen MR) is 56.1 cm³/mol. The molecule has 0 radical (unpaired) electrons. The molecule has 74 valence electrons. The minimum Gasteiger partial charge on any atom is -0.384 e. The minimum atomic E-state index is -0.991. The Morgan fingerprint density at radius 2 is 2.00 bits per heavy atom. The number of aliphatic hydroxyl groups excluding tert-OH is 1. The highest BCUT2D eigenvalue weighted by Gasteiger charge is 2.20. The van der Waals surface area contributed by atoms with Gasteiger partial charge in [0.2, 0.25) is 0 Å². The monoisotopic (exact) mass is 190 g/mol. The Morgan fingerprint density at radius 1 is 1.43 bits per heavy atom. The first-order valence-corrected chi connectivity index (χ1v) is 4.56. The van der Waals surface area contributed by atoms with Crippen LogP contribution in [0.1, 0.15) is 17.3 Å². The molecule has 0 saturated heterocycles. The van der Waals surface area contributed by atoms with Crippen molar-refractivity contribution in [2.75, 3.05) is 0 Å². The molecule has 0 aliphatic heterocycles. The van der Waals surface area contributed by atoms with Gasteiger partial charge in [0.05, 0.1) is 0 Å². The third kappa shape index (κ3) is 2.30. The van der Waals surface area contributed by atoms with Crippen LogP contribution >= 0.6 is 0 Å². The second-order valence-corrected chi connectivity index (χ2v) is 3.27. The van der Waals surface area contributed by atoms with E-state index < -0.39 is 6.10 Å². The predicted octanol–water partition coefficient (Wildman–Crippen LogP) is 2.05. The summed E-state index contributed by atoms with van der Waals surface area (Å²) in [4.78, 5) is 11.6. The number of hydrogen-bond donors (Lipinski definition) is 1. The Labute approximate surface area is 83.9 Å². The largest absolute Gasteiger partial charge is 0.384 e. The van der Waals surface area contributed by atoms with Gasteiger partial charge in [0.15, 0.2) is 5.78 Å². The summed E-state index contributed by atoms with van der Waals surface area (Å²) in [6.07, 6.45) is 0.584. The van der Waals surface area contributed by atoms with Crippen LogP contribution in [-0.2, 0) is 0 Å². The molecule has 1 aromatic carbocycles. The van der Waals surface area contributed by atoms with Crippen LogP contribution in [0.4, 0.5) is 0 Å². The lowest BCUT2D eigenvalue weighted by Crippen LogP contribution is -2.26. The Morgan fingerprint density at radius 3 is 2.50 bits per heavy atom. The minimum absolute atomic E-state index is 0.220. The average molecular weight is 190 g/mol. The number of hydrogen-bond acceptors (Lipinski definition) is 2. The summed E-state index contributed by atoms with van der Waals surface area (Å²) >= 11 is 0. The van der Waals surface area contributed by atoms with E-state index in [1.807, 2.05) is 6.07 Å². The molecule has 2 heteroatoms. The Bertz CT molecular complexity index is 316. The third-order valence-corrected chi connectivity index (χ3v) is 2.20. The highest BCUT2D eigenvalue weighted by Crippen LogP contribution is 2.11. The van der Waals surface area contributed by atoms with E-state index >= 15 is 0 Å². The van der Waals surface area contributed by atoms with Gasteiger partial charge in [-0.1, -0.05) is 43.3 Å². The molecule has 1 rings (SSSR count). The molecule has 2 atom stereocenters. The van der Waals surface area contributed by atoms with Gasteiger partial charge < -0.3 is 5.11 Å². The van der Waals surface area contributed by atoms with Crippen molar-refractivity contribution in [1.82, 2.24) is 0 Å². The first kappa shape index (κ1) is 10.7. The zero-order chi connectivity index (χ0) is 10.6. The molecule has 0 saturated carbocycles. The number of carbonyl (C=O) groups excluding carboxylic acids is 1. The summed E-state index contributed by atoms with van der Waals surface area (Å²) in [5, 5.41) is 9.62. The van der Waals surface area contributed by atoms with Crippen molar-refractivity contribution in [3.8, 4) is 0 Å². The summed E-state index contributed by atoms with van der Waals surface area (Å²) in [7, 11) is 0. The van der Waals surface area contributed by atoms with E-state index in [2.05, 4.69) is 6.58 Å². The maximum absolute atomic E-state index is 11.6. The fourth-order valence-corrected chi connectivity index (χ4v) is 1.14. The SMILES string of the molecule is C=C[C@H](C)[C@@H](O)C(=O)c1ccccc1. The maximum Gasteiger partial charge on any atom is 0.191 e. The fourth-order valence-electron chi connectivity index (χ4n) is 1.14. The average Bonchev–Trinajstić information content (AvgIpc) is 2.27. The van der Waals surface area contributed by atoms with Crippen LogP contribution in [0, 0.1) is 5.92 Å². The van der Waals surface area contributed by atoms with E-state index in [1.54, 1.807) is 37.3 Å². The van der Waals surface area contributed by atoms with Crippen molar-refractivity contribution >= 4 is 5.78 Å². The molecule has 0 spiro atoms. The normalized spacial score (nSPS) is 14.4. The molecule has 1 N–H and O–H groups in total. The molecule has 2 nitrogen and oxygen atoms in total. The molecular weight excluding hydrogens is 176 g/mol. The first-order chi connectivity index (χ1) is 6.66. The van der Waals surface area contributed by atoms with Gasteiger partial charge in [-0.05, 0) is 0 Å². The maximum atomic E-state index is 11.6. The molecule has 1 aromatic rings. The van der Waals surface area contributed by atoms with E-state index in [0.717, 1.165) is 0 Å². The quantitative estimate of drug-likeness (QED) is 0.582. The van der Waals surface area contributed by atoms with Crippen molar-refractivity contribution in [2.45, 2.75) is 13.0 Å². The lowest BCUT2D eigenvalue weighted by molar-refractivity contribution is 0.0676. The van der Waals surface area contributed by atoms with E-state index in [4.69, 9.17) is 0 Å². The lowest BCUT2D eigenvalue weighted by Gasteiger charge is -2.13. The molecule has 0 bridgehead atoms. The van der Waals surface area contributed by atoms with E-state index in [-0.39, 0.29) is 11.7 Å². The van der Waals surface area contributed by atoms with Gasteiger partial charge in [0.1, 0.15) is 6.10 Å². The number of ketones is 1. The Balaban J connectivity index is 2.81. The molecule has 0 amide bonds. The molecular formula is C12H14O2. The highest BCUT2D eigenvalue weighted by atomic mass is 16.3. The first-order valence-electron chi connectivity index (χ1n) is 4.56. The zero-order valence-electron chi connectivity index (χ0n) is 8.18. The van der Waals surface area contributed by atoms with E-state index in [0.29, 0.717) is 5.56 Å². The molecule has 0 heterocycles. The molecule has 0 aliphatic carbocycles. The van der Waals surface area contributed by atoms with Crippen LogP contribution in [0.5, 0.6) is 0 Å². The molecule has 0 unspecified atom stereocenters. The van der Waals surface area contributed by atoms with Gasteiger partial charge in [-0.25, -0.2) is 0 Å². The molecule has 0 fully saturated rings. The Hall–Kier alpha value is -1.41. The van der Waals surface area contributed by atoms with Crippen LogP contribution < -0.4 is 0 Å². The van der Waals surface area contributed by atoms with Crippen molar-refractivity contribution in [1.29, 1.82) is 0 Å². The van der Waals surface area contributed by atoms with Crippen LogP contribution in [-0.4, -0.2) is 17.0 Å². The summed E-state index contributed by atoms with van der Waals surface area (Å²) in [5.41, 5.74) is 0.536. The summed E-state index contributed by atoms with van der Waals surface area (Å²) in [6, 6.07) is 8.78. The number of aliphatic hydroxyl groups is 1. The van der Waals surface area contributed by atoms with Gasteiger partial charge in [0.25, 0.3) is 0 Å². The van der Waals surface area contributed by atoms with Crippen LogP contribution in [0.2, 0.25) is 0 Å². The second kappa shape index (κ2) is 4.72. The van der Waals surface area contributed by atoms with Crippen molar-refractivity contribution in [2.24, 2.45) is 5.92 Å². The summed E-state index contributed by atoms with van der Waals surface area (Å²) in [5.74, 6) is -0.472. The van der Waals surface area contributed by atoms with Crippen LogP contribution in [0.3, 0.4) is 0 Å². The van der Waals surface area contributed by atoms with Crippen molar-refractivity contribution in [3.05, 3.63) is 48.6 Å². The van der Waals surface area contributed by atoms with Crippen molar-refractivity contribution < 1.29 is 9.90 Å². The van der Waals surface area contributed by atoms with Crippen LogP contribution in [0.25, 0.3) is 0 Å². The van der Waals surface area contributed by atoms with Crippen molar-refractivity contribution in [3.63, 3.8) is 0 Å². The van der Waals surface area contributed by atoms with Gasteiger partial charge >= 0.3 is 0 Å². The second-order valence-electron chi connectivity index (χ2n) is 3.27. The number of benzene rings is 1. The zero-order valence-corrected chi connectivity index (χ0v) is 8.18. The highest BCUT2D eigenvalue weighted by molar-refractivity contribution is 5.99. The molecule has 14 heavy (non-hydrogen) atoms. The Kier molecular flexibility index (Phi) is 3.60. The number of rotatable bonds is 4. The molecule has 0 aliphatic rings. The smallest absolute Gasteiger partial charge is 0.191 e. The van der Waals surface area contributed by atoms with E-state index in [9.17, 15) is 9.90 Å². The van der Waals surface area contributed by atoms with Gasteiger partial charge in [-0.2, -0.15) is 0 Å². The van der Waals surface area contributed by atoms with Gasteiger partial charge in [0, 0.05) is 11.5 Å². The fraction of sp³-hybridized carbons (Fsp3) is 0.250. The van der Waals surface area contributed by atoms with Gasteiger partial charge in [-0.15, -0.1) is 6.58 Å². The topological polar surface area (TPSA) is 37.3 Å². The number of carbonyl (C=O) groups is 1. The lowest BCUT2D eigenvalue weighted by atomic mass is 9.97. The summed E-state index contributed by atoms with van der Waals surface area (Å²) < 4.78 is 0.